The molecule has 2 aliphatic rings. The Bertz CT molecular complexity index is 268. The standard InChI is InChI=1S/C15H27NO/c1-2-12-8-4-5-9-13(12)14(17)15(16)10-6-3-7-11-15/h12-13H,2-11,16H2,1H3. The summed E-state index contributed by atoms with van der Waals surface area (Å²) >= 11 is 0. The zero-order valence-electron chi connectivity index (χ0n) is 11.2. The van der Waals surface area contributed by atoms with Crippen molar-refractivity contribution in [2.24, 2.45) is 17.6 Å². The minimum Gasteiger partial charge on any atom is -0.319 e. The van der Waals surface area contributed by atoms with Gasteiger partial charge in [-0.1, -0.05) is 45.4 Å². The molecule has 2 heteroatoms. The first-order valence-corrected chi connectivity index (χ1v) is 7.50. The van der Waals surface area contributed by atoms with Crippen LogP contribution >= 0.6 is 0 Å². The van der Waals surface area contributed by atoms with Crippen LogP contribution in [0.1, 0.15) is 71.1 Å². The van der Waals surface area contributed by atoms with Crippen molar-refractivity contribution in [1.82, 2.24) is 0 Å². The first kappa shape index (κ1) is 13.1. The zero-order valence-corrected chi connectivity index (χ0v) is 11.2. The van der Waals surface area contributed by atoms with Crippen LogP contribution < -0.4 is 5.73 Å². The van der Waals surface area contributed by atoms with E-state index in [9.17, 15) is 4.79 Å². The average Bonchev–Trinajstić information content (AvgIpc) is 2.38. The van der Waals surface area contributed by atoms with Gasteiger partial charge in [0.1, 0.15) is 0 Å². The van der Waals surface area contributed by atoms with Crippen molar-refractivity contribution < 1.29 is 4.79 Å². The number of carbonyl (C=O) groups is 1. The van der Waals surface area contributed by atoms with Gasteiger partial charge >= 0.3 is 0 Å². The Balaban J connectivity index is 2.06. The van der Waals surface area contributed by atoms with Crippen molar-refractivity contribution in [3.8, 4) is 0 Å². The first-order chi connectivity index (χ1) is 8.17. The number of ketones is 1. The Morgan fingerprint density at radius 3 is 2.41 bits per heavy atom. The number of carbonyl (C=O) groups excluding carboxylic acids is 1. The van der Waals surface area contributed by atoms with Crippen LogP contribution in [0.4, 0.5) is 0 Å². The third-order valence-corrected chi connectivity index (χ3v) is 5.01. The van der Waals surface area contributed by atoms with Crippen LogP contribution in [0.5, 0.6) is 0 Å². The van der Waals surface area contributed by atoms with Crippen LogP contribution in [0, 0.1) is 11.8 Å². The molecule has 2 atom stereocenters. The second-order valence-corrected chi connectivity index (χ2v) is 6.14. The molecule has 2 saturated carbocycles. The summed E-state index contributed by atoms with van der Waals surface area (Å²) in [6.45, 7) is 2.22. The van der Waals surface area contributed by atoms with Crippen LogP contribution in [-0.2, 0) is 4.79 Å². The lowest BCUT2D eigenvalue weighted by Gasteiger charge is -2.39. The highest BCUT2D eigenvalue weighted by molar-refractivity contribution is 5.90. The van der Waals surface area contributed by atoms with E-state index in [2.05, 4.69) is 6.92 Å². The Hall–Kier alpha value is -0.370. The number of hydrogen-bond acceptors (Lipinski definition) is 2. The molecule has 0 saturated heterocycles. The van der Waals surface area contributed by atoms with Crippen molar-refractivity contribution in [3.05, 3.63) is 0 Å². The molecule has 0 aromatic heterocycles. The lowest BCUT2D eigenvalue weighted by Crippen LogP contribution is -2.53. The Morgan fingerprint density at radius 2 is 1.76 bits per heavy atom. The van der Waals surface area contributed by atoms with Crippen molar-refractivity contribution in [2.45, 2.75) is 76.7 Å². The number of hydrogen-bond donors (Lipinski definition) is 1. The van der Waals surface area contributed by atoms with E-state index in [0.29, 0.717) is 11.7 Å². The summed E-state index contributed by atoms with van der Waals surface area (Å²) in [5.41, 5.74) is 5.94. The van der Waals surface area contributed by atoms with Crippen molar-refractivity contribution >= 4 is 5.78 Å². The molecule has 17 heavy (non-hydrogen) atoms. The van der Waals surface area contributed by atoms with Gasteiger partial charge in [0.25, 0.3) is 0 Å². The third kappa shape index (κ3) is 2.73. The molecule has 0 aromatic carbocycles. The molecule has 2 N–H and O–H groups in total. The van der Waals surface area contributed by atoms with Crippen molar-refractivity contribution in [1.29, 1.82) is 0 Å². The maximum Gasteiger partial charge on any atom is 0.155 e. The Morgan fingerprint density at radius 1 is 1.12 bits per heavy atom. The molecular formula is C15H27NO. The van der Waals surface area contributed by atoms with Crippen LogP contribution in [0.15, 0.2) is 0 Å². The molecular weight excluding hydrogens is 210 g/mol. The van der Waals surface area contributed by atoms with E-state index in [-0.39, 0.29) is 5.92 Å². The van der Waals surface area contributed by atoms with E-state index in [0.717, 1.165) is 38.5 Å². The zero-order chi connectivity index (χ0) is 12.3. The van der Waals surface area contributed by atoms with E-state index in [1.807, 2.05) is 0 Å². The number of nitrogens with two attached hydrogens (primary N) is 1. The van der Waals surface area contributed by atoms with E-state index in [1.165, 1.54) is 25.7 Å². The summed E-state index contributed by atoms with van der Waals surface area (Å²) in [5, 5.41) is 0. The van der Waals surface area contributed by atoms with Gasteiger partial charge in [-0.05, 0) is 31.6 Å². The molecule has 2 rings (SSSR count). The summed E-state index contributed by atoms with van der Waals surface area (Å²) in [6.07, 6.45) is 11.4. The molecule has 0 bridgehead atoms. The fraction of sp³-hybridized carbons (Fsp3) is 0.933. The molecule has 2 fully saturated rings. The maximum absolute atomic E-state index is 12.7. The SMILES string of the molecule is CCC1CCCCC1C(=O)C1(N)CCCCC1. The molecule has 0 aliphatic heterocycles. The van der Waals surface area contributed by atoms with Gasteiger partial charge in [0.05, 0.1) is 5.54 Å². The Labute approximate surface area is 105 Å². The summed E-state index contributed by atoms with van der Waals surface area (Å²) in [7, 11) is 0. The normalized spacial score (nSPS) is 33.3. The molecule has 2 aliphatic carbocycles. The van der Waals surface area contributed by atoms with Crippen LogP contribution in [0.2, 0.25) is 0 Å². The van der Waals surface area contributed by atoms with Gasteiger partial charge in [-0.25, -0.2) is 0 Å². The van der Waals surface area contributed by atoms with E-state index in [1.54, 1.807) is 0 Å². The summed E-state index contributed by atoms with van der Waals surface area (Å²) in [6, 6.07) is 0. The molecule has 0 heterocycles. The summed E-state index contributed by atoms with van der Waals surface area (Å²) in [5.74, 6) is 1.29. The summed E-state index contributed by atoms with van der Waals surface area (Å²) in [4.78, 5) is 12.7. The minimum atomic E-state index is -0.465. The van der Waals surface area contributed by atoms with Gasteiger partial charge in [0, 0.05) is 5.92 Å². The van der Waals surface area contributed by atoms with E-state index in [4.69, 9.17) is 5.73 Å². The smallest absolute Gasteiger partial charge is 0.155 e. The highest BCUT2D eigenvalue weighted by Gasteiger charge is 2.42. The van der Waals surface area contributed by atoms with E-state index >= 15 is 0 Å². The number of Topliss-reactive ketones (excluding diaryl/α,β-unsaturated/α-hetero) is 1. The fourth-order valence-corrected chi connectivity index (χ4v) is 3.84. The maximum atomic E-state index is 12.7. The highest BCUT2D eigenvalue weighted by Crippen LogP contribution is 2.38. The van der Waals surface area contributed by atoms with Gasteiger partial charge in [-0.15, -0.1) is 0 Å². The number of rotatable bonds is 3. The monoisotopic (exact) mass is 237 g/mol. The van der Waals surface area contributed by atoms with Crippen LogP contribution in [-0.4, -0.2) is 11.3 Å². The van der Waals surface area contributed by atoms with Crippen molar-refractivity contribution in [3.63, 3.8) is 0 Å². The van der Waals surface area contributed by atoms with Gasteiger partial charge < -0.3 is 5.73 Å². The first-order valence-electron chi connectivity index (χ1n) is 7.50. The predicted molar refractivity (Wildman–Crippen MR) is 70.7 cm³/mol. The molecule has 0 amide bonds. The van der Waals surface area contributed by atoms with Crippen molar-refractivity contribution in [2.75, 3.05) is 0 Å². The second-order valence-electron chi connectivity index (χ2n) is 6.14. The largest absolute Gasteiger partial charge is 0.319 e. The molecule has 2 unspecified atom stereocenters. The van der Waals surface area contributed by atoms with E-state index < -0.39 is 5.54 Å². The van der Waals surface area contributed by atoms with Gasteiger partial charge in [0.15, 0.2) is 5.78 Å². The second kappa shape index (κ2) is 5.51. The Kier molecular flexibility index (Phi) is 4.24. The molecule has 0 aromatic rings. The fourth-order valence-electron chi connectivity index (χ4n) is 3.84. The topological polar surface area (TPSA) is 43.1 Å². The third-order valence-electron chi connectivity index (χ3n) is 5.01. The predicted octanol–water partition coefficient (Wildman–Crippen LogP) is 3.43. The van der Waals surface area contributed by atoms with Crippen LogP contribution in [0.3, 0.4) is 0 Å². The van der Waals surface area contributed by atoms with Gasteiger partial charge in [-0.2, -0.15) is 0 Å². The molecule has 98 valence electrons. The highest BCUT2D eigenvalue weighted by atomic mass is 16.1. The molecule has 0 spiro atoms. The van der Waals surface area contributed by atoms with Crippen LogP contribution in [0.25, 0.3) is 0 Å². The van der Waals surface area contributed by atoms with Gasteiger partial charge in [-0.3, -0.25) is 4.79 Å². The summed E-state index contributed by atoms with van der Waals surface area (Å²) < 4.78 is 0. The molecule has 0 radical (unpaired) electrons. The molecule has 2 nitrogen and oxygen atoms in total. The van der Waals surface area contributed by atoms with Gasteiger partial charge in [0.2, 0.25) is 0 Å². The lowest BCUT2D eigenvalue weighted by molar-refractivity contribution is -0.132. The average molecular weight is 237 g/mol. The lowest BCUT2D eigenvalue weighted by atomic mass is 9.67. The minimum absolute atomic E-state index is 0.275. The quantitative estimate of drug-likeness (QED) is 0.817.